The first-order valence-electron chi connectivity index (χ1n) is 5.18. The summed E-state index contributed by atoms with van der Waals surface area (Å²) in [6, 6.07) is 4.17. The maximum atomic E-state index is 11.7. The number of carbonyl (C=O) groups is 1. The Morgan fingerprint density at radius 2 is 2.07 bits per heavy atom. The van der Waals surface area contributed by atoms with E-state index in [1.165, 1.54) is 5.56 Å². The molecule has 0 bridgehead atoms. The molecule has 1 aliphatic rings. The van der Waals surface area contributed by atoms with Gasteiger partial charge in [-0.05, 0) is 28.4 Å². The van der Waals surface area contributed by atoms with Crippen LogP contribution in [-0.4, -0.2) is 17.9 Å². The maximum Gasteiger partial charge on any atom is 0.254 e. The molecule has 1 heterocycles. The first-order chi connectivity index (χ1) is 7.00. The van der Waals surface area contributed by atoms with Gasteiger partial charge in [-0.25, -0.2) is 0 Å². The van der Waals surface area contributed by atoms with E-state index in [-0.39, 0.29) is 5.91 Å². The van der Waals surface area contributed by atoms with Crippen LogP contribution in [0.2, 0.25) is 0 Å². The van der Waals surface area contributed by atoms with E-state index in [2.05, 4.69) is 29.2 Å². The molecule has 1 aromatic carbocycles. The summed E-state index contributed by atoms with van der Waals surface area (Å²) in [6.07, 6.45) is 0. The van der Waals surface area contributed by atoms with Crippen molar-refractivity contribution in [2.45, 2.75) is 26.3 Å². The molecular weight excluding hydrogens is 205 g/mol. The van der Waals surface area contributed by atoms with Gasteiger partial charge in [0.2, 0.25) is 0 Å². The van der Waals surface area contributed by atoms with Crippen LogP contribution in [-0.2, 0) is 6.54 Å². The van der Waals surface area contributed by atoms with Gasteiger partial charge in [-0.15, -0.1) is 9.24 Å². The third-order valence-electron chi connectivity index (χ3n) is 2.92. The van der Waals surface area contributed by atoms with Crippen LogP contribution in [0, 0.1) is 0 Å². The minimum absolute atomic E-state index is 0.143. The maximum absolute atomic E-state index is 11.7. The Labute approximate surface area is 92.9 Å². The van der Waals surface area contributed by atoms with Crippen LogP contribution in [0.3, 0.4) is 0 Å². The summed E-state index contributed by atoms with van der Waals surface area (Å²) in [5.74, 6) is 0.646. The normalized spacial score (nSPS) is 15.0. The Balaban J connectivity index is 2.54. The van der Waals surface area contributed by atoms with E-state index in [0.717, 1.165) is 23.0 Å². The van der Waals surface area contributed by atoms with Gasteiger partial charge in [-0.3, -0.25) is 4.79 Å². The van der Waals surface area contributed by atoms with Crippen molar-refractivity contribution in [3.05, 3.63) is 28.8 Å². The molecule has 1 amide bonds. The number of carbonyl (C=O) groups excluding carboxylic acids is 1. The monoisotopic (exact) mass is 221 g/mol. The quantitative estimate of drug-likeness (QED) is 0.663. The smallest absolute Gasteiger partial charge is 0.254 e. The van der Waals surface area contributed by atoms with Gasteiger partial charge in [0.1, 0.15) is 0 Å². The van der Waals surface area contributed by atoms with Crippen molar-refractivity contribution in [1.82, 2.24) is 4.90 Å². The molecule has 0 fully saturated rings. The zero-order valence-corrected chi connectivity index (χ0v) is 10.5. The molecule has 1 atom stereocenters. The van der Waals surface area contributed by atoms with Crippen LogP contribution in [0.15, 0.2) is 12.1 Å². The highest BCUT2D eigenvalue weighted by Crippen LogP contribution is 2.25. The summed E-state index contributed by atoms with van der Waals surface area (Å²) in [5.41, 5.74) is 3.35. The first-order valence-corrected chi connectivity index (χ1v) is 5.76. The summed E-state index contributed by atoms with van der Waals surface area (Å²) >= 11 is 0. The van der Waals surface area contributed by atoms with Crippen molar-refractivity contribution in [1.29, 1.82) is 0 Å². The molecule has 80 valence electrons. The molecule has 15 heavy (non-hydrogen) atoms. The predicted octanol–water partition coefficient (Wildman–Crippen LogP) is 1.90. The lowest BCUT2D eigenvalue weighted by Gasteiger charge is -2.10. The van der Waals surface area contributed by atoms with Crippen molar-refractivity contribution in [3.8, 4) is 0 Å². The van der Waals surface area contributed by atoms with Crippen LogP contribution < -0.4 is 5.30 Å². The second-order valence-corrected chi connectivity index (χ2v) is 5.08. The van der Waals surface area contributed by atoms with Crippen molar-refractivity contribution >= 4 is 20.5 Å². The van der Waals surface area contributed by atoms with Gasteiger partial charge in [0, 0.05) is 19.2 Å². The van der Waals surface area contributed by atoms with Crippen LogP contribution in [0.1, 0.15) is 41.3 Å². The minimum Gasteiger partial charge on any atom is -0.337 e. The zero-order chi connectivity index (χ0) is 11.2. The second-order valence-electron chi connectivity index (χ2n) is 4.45. The molecule has 0 spiro atoms. The third-order valence-corrected chi connectivity index (χ3v) is 3.42. The molecule has 1 unspecified atom stereocenters. The minimum atomic E-state index is 0.143. The number of rotatable bonds is 1. The van der Waals surface area contributed by atoms with Crippen molar-refractivity contribution in [2.24, 2.45) is 0 Å². The summed E-state index contributed by atoms with van der Waals surface area (Å²) in [7, 11) is 4.57. The molecule has 0 saturated heterocycles. The summed E-state index contributed by atoms with van der Waals surface area (Å²) < 4.78 is 0. The van der Waals surface area contributed by atoms with Crippen LogP contribution in [0.4, 0.5) is 0 Å². The largest absolute Gasteiger partial charge is 0.337 e. The molecule has 3 heteroatoms. The highest BCUT2D eigenvalue weighted by molar-refractivity contribution is 7.27. The van der Waals surface area contributed by atoms with E-state index in [4.69, 9.17) is 0 Å². The van der Waals surface area contributed by atoms with E-state index in [1.54, 1.807) is 4.90 Å². The van der Waals surface area contributed by atoms with Gasteiger partial charge in [0.25, 0.3) is 5.91 Å². The van der Waals surface area contributed by atoms with E-state index in [0.29, 0.717) is 5.92 Å². The Morgan fingerprint density at radius 3 is 2.67 bits per heavy atom. The molecule has 2 nitrogen and oxygen atoms in total. The molecule has 0 aliphatic carbocycles. The van der Waals surface area contributed by atoms with Gasteiger partial charge in [-0.2, -0.15) is 0 Å². The first kappa shape index (κ1) is 10.6. The average molecular weight is 221 g/mol. The molecule has 1 aromatic rings. The van der Waals surface area contributed by atoms with E-state index < -0.39 is 0 Å². The number of nitrogens with zero attached hydrogens (tertiary/aromatic N) is 1. The number of benzene rings is 1. The molecule has 0 radical (unpaired) electrons. The lowest BCUT2D eigenvalue weighted by Crippen LogP contribution is -2.17. The second kappa shape index (κ2) is 3.61. The standard InChI is InChI=1S/C12H16NOP/c1-7(2)9-4-8-6-13(3)12(14)10(8)5-11(9)15/h4-5,7H,6,15H2,1-3H3. The Hall–Kier alpha value is -0.880. The lowest BCUT2D eigenvalue weighted by molar-refractivity contribution is 0.0816. The van der Waals surface area contributed by atoms with Crippen LogP contribution in [0.5, 0.6) is 0 Å². The van der Waals surface area contributed by atoms with Gasteiger partial charge >= 0.3 is 0 Å². The molecule has 1 aliphatic heterocycles. The zero-order valence-electron chi connectivity index (χ0n) is 9.37. The molecule has 2 rings (SSSR count). The van der Waals surface area contributed by atoms with Crippen molar-refractivity contribution < 1.29 is 4.79 Å². The number of hydrogen-bond acceptors (Lipinski definition) is 1. The van der Waals surface area contributed by atoms with Crippen LogP contribution >= 0.6 is 9.24 Å². The summed E-state index contributed by atoms with van der Waals surface area (Å²) in [4.78, 5) is 13.5. The molecule has 0 N–H and O–H groups in total. The van der Waals surface area contributed by atoms with E-state index >= 15 is 0 Å². The Kier molecular flexibility index (Phi) is 2.56. The predicted molar refractivity (Wildman–Crippen MR) is 65.7 cm³/mol. The fraction of sp³-hybridized carbons (Fsp3) is 0.417. The van der Waals surface area contributed by atoms with E-state index in [1.807, 2.05) is 13.1 Å². The number of fused-ring (bicyclic) bond motifs is 1. The van der Waals surface area contributed by atoms with Crippen LogP contribution in [0.25, 0.3) is 0 Å². The molecular formula is C12H16NOP. The Bertz CT molecular complexity index is 426. The highest BCUT2D eigenvalue weighted by atomic mass is 31.0. The van der Waals surface area contributed by atoms with E-state index in [9.17, 15) is 4.79 Å². The van der Waals surface area contributed by atoms with Crippen molar-refractivity contribution in [3.63, 3.8) is 0 Å². The number of hydrogen-bond donors (Lipinski definition) is 0. The fourth-order valence-corrected chi connectivity index (χ4v) is 2.63. The summed E-state index contributed by atoms with van der Waals surface area (Å²) in [5, 5.41) is 1.15. The van der Waals surface area contributed by atoms with Gasteiger partial charge in [-0.1, -0.05) is 19.9 Å². The Morgan fingerprint density at radius 1 is 1.40 bits per heavy atom. The fourth-order valence-electron chi connectivity index (χ4n) is 2.04. The lowest BCUT2D eigenvalue weighted by atomic mass is 9.98. The number of amides is 1. The SMILES string of the molecule is CC(C)c1cc2c(cc1P)C(=O)N(C)C2. The molecule has 0 aromatic heterocycles. The third kappa shape index (κ3) is 1.68. The summed E-state index contributed by atoms with van der Waals surface area (Å²) in [6.45, 7) is 5.10. The van der Waals surface area contributed by atoms with Gasteiger partial charge in [0.15, 0.2) is 0 Å². The average Bonchev–Trinajstić information content (AvgIpc) is 2.43. The van der Waals surface area contributed by atoms with Crippen molar-refractivity contribution in [2.75, 3.05) is 7.05 Å². The topological polar surface area (TPSA) is 20.3 Å². The molecule has 0 saturated carbocycles. The van der Waals surface area contributed by atoms with Gasteiger partial charge in [0.05, 0.1) is 0 Å². The van der Waals surface area contributed by atoms with Gasteiger partial charge < -0.3 is 4.90 Å². The highest BCUT2D eigenvalue weighted by Gasteiger charge is 2.25.